The molecule has 0 atom stereocenters. The van der Waals surface area contributed by atoms with Crippen LogP contribution >= 0.6 is 0 Å². The van der Waals surface area contributed by atoms with Gasteiger partial charge in [0.2, 0.25) is 11.7 Å². The average Bonchev–Trinajstić information content (AvgIpc) is 3.14. The number of aryl methyl sites for hydroxylation is 1. The summed E-state index contributed by atoms with van der Waals surface area (Å²) >= 11 is 0. The Morgan fingerprint density at radius 2 is 2.00 bits per heavy atom. The summed E-state index contributed by atoms with van der Waals surface area (Å²) in [5, 5.41) is 6.56. The minimum Gasteiger partial charge on any atom is -0.454 e. The molecule has 0 unspecified atom stereocenters. The summed E-state index contributed by atoms with van der Waals surface area (Å²) in [6, 6.07) is 7.69. The van der Waals surface area contributed by atoms with Crippen LogP contribution in [0.1, 0.15) is 43.6 Å². The van der Waals surface area contributed by atoms with Crippen LogP contribution in [0.15, 0.2) is 28.8 Å². The van der Waals surface area contributed by atoms with Gasteiger partial charge in [-0.05, 0) is 25.3 Å². The van der Waals surface area contributed by atoms with Crippen LogP contribution in [-0.2, 0) is 20.9 Å². The van der Waals surface area contributed by atoms with Crippen LogP contribution in [0, 0.1) is 12.8 Å². The molecule has 1 fully saturated rings. The smallest absolute Gasteiger partial charge is 0.325 e. The maximum Gasteiger partial charge on any atom is 0.325 e. The molecule has 1 aliphatic carbocycles. The molecule has 0 bridgehead atoms. The molecule has 0 aliphatic heterocycles. The first kappa shape index (κ1) is 18.1. The number of esters is 1. The lowest BCUT2D eigenvalue weighted by Gasteiger charge is -2.20. The second-order valence-corrected chi connectivity index (χ2v) is 6.54. The lowest BCUT2D eigenvalue weighted by Crippen LogP contribution is -2.36. The highest BCUT2D eigenvalue weighted by atomic mass is 16.6. The van der Waals surface area contributed by atoms with Gasteiger partial charge >= 0.3 is 5.97 Å². The number of carbonyl (C=O) groups is 2. The molecule has 138 valence electrons. The van der Waals surface area contributed by atoms with Crippen molar-refractivity contribution in [3.05, 3.63) is 35.7 Å². The van der Waals surface area contributed by atoms with Gasteiger partial charge in [-0.3, -0.25) is 9.59 Å². The van der Waals surface area contributed by atoms with Gasteiger partial charge in [-0.15, -0.1) is 0 Å². The zero-order chi connectivity index (χ0) is 18.4. The first-order valence-corrected chi connectivity index (χ1v) is 8.95. The van der Waals surface area contributed by atoms with Crippen molar-refractivity contribution in [1.82, 2.24) is 15.5 Å². The van der Waals surface area contributed by atoms with E-state index in [1.165, 1.54) is 6.42 Å². The van der Waals surface area contributed by atoms with E-state index in [0.717, 1.165) is 36.8 Å². The molecule has 1 aromatic heterocycles. The van der Waals surface area contributed by atoms with Gasteiger partial charge in [0.1, 0.15) is 6.54 Å². The van der Waals surface area contributed by atoms with E-state index in [1.54, 1.807) is 0 Å². The third-order valence-corrected chi connectivity index (χ3v) is 4.59. The first-order valence-electron chi connectivity index (χ1n) is 8.95. The quantitative estimate of drug-likeness (QED) is 0.799. The topological polar surface area (TPSA) is 94.3 Å². The van der Waals surface area contributed by atoms with E-state index >= 15 is 0 Å². The standard InChI is InChI=1S/C19H23N3O4/c1-13-7-5-6-10-15(13)18-21-16(26-22-18)12-25-17(23)11-20-19(24)14-8-3-2-4-9-14/h5-7,10,14H,2-4,8-9,11-12H2,1H3,(H,20,24). The number of rotatable bonds is 6. The van der Waals surface area contributed by atoms with E-state index in [-0.39, 0.29) is 30.9 Å². The Balaban J connectivity index is 1.45. The predicted octanol–water partition coefficient (Wildman–Crippen LogP) is 2.78. The number of hydrogen-bond acceptors (Lipinski definition) is 6. The van der Waals surface area contributed by atoms with E-state index in [9.17, 15) is 9.59 Å². The number of benzene rings is 1. The maximum atomic E-state index is 12.0. The Kier molecular flexibility index (Phi) is 5.99. The number of nitrogens with zero attached hydrogens (tertiary/aromatic N) is 2. The molecule has 1 aromatic carbocycles. The summed E-state index contributed by atoms with van der Waals surface area (Å²) in [6.07, 6.45) is 5.11. The van der Waals surface area contributed by atoms with Gasteiger partial charge in [0.25, 0.3) is 5.89 Å². The van der Waals surface area contributed by atoms with Gasteiger partial charge < -0.3 is 14.6 Å². The second-order valence-electron chi connectivity index (χ2n) is 6.54. The molecule has 1 saturated carbocycles. The van der Waals surface area contributed by atoms with E-state index in [4.69, 9.17) is 9.26 Å². The predicted molar refractivity (Wildman–Crippen MR) is 93.9 cm³/mol. The van der Waals surface area contributed by atoms with Crippen LogP contribution in [-0.4, -0.2) is 28.6 Å². The molecule has 1 amide bonds. The minimum absolute atomic E-state index is 0.0177. The van der Waals surface area contributed by atoms with Crippen LogP contribution in [0.2, 0.25) is 0 Å². The van der Waals surface area contributed by atoms with E-state index in [1.807, 2.05) is 31.2 Å². The van der Waals surface area contributed by atoms with Gasteiger partial charge in [-0.25, -0.2) is 0 Å². The number of hydrogen-bond donors (Lipinski definition) is 1. The fraction of sp³-hybridized carbons (Fsp3) is 0.474. The van der Waals surface area contributed by atoms with Crippen molar-refractivity contribution in [3.63, 3.8) is 0 Å². The van der Waals surface area contributed by atoms with Crippen LogP contribution < -0.4 is 5.32 Å². The van der Waals surface area contributed by atoms with Crippen molar-refractivity contribution < 1.29 is 18.8 Å². The number of aromatic nitrogens is 2. The summed E-state index contributed by atoms with van der Waals surface area (Å²) in [5.74, 6) is 0.102. The number of amides is 1. The molecule has 0 spiro atoms. The molecule has 7 heteroatoms. The number of nitrogens with one attached hydrogen (secondary N) is 1. The summed E-state index contributed by atoms with van der Waals surface area (Å²) in [7, 11) is 0. The molecule has 7 nitrogen and oxygen atoms in total. The summed E-state index contributed by atoms with van der Waals surface area (Å²) in [6.45, 7) is 1.70. The Hall–Kier alpha value is -2.70. The monoisotopic (exact) mass is 357 g/mol. The third kappa shape index (κ3) is 4.68. The highest BCUT2D eigenvalue weighted by Gasteiger charge is 2.21. The van der Waals surface area contributed by atoms with Gasteiger partial charge in [-0.1, -0.05) is 48.7 Å². The molecular weight excluding hydrogens is 334 g/mol. The summed E-state index contributed by atoms with van der Waals surface area (Å²) in [4.78, 5) is 28.1. The molecule has 26 heavy (non-hydrogen) atoms. The van der Waals surface area contributed by atoms with Crippen molar-refractivity contribution in [2.45, 2.75) is 45.6 Å². The van der Waals surface area contributed by atoms with Crippen molar-refractivity contribution in [2.24, 2.45) is 5.92 Å². The Morgan fingerprint density at radius 3 is 2.77 bits per heavy atom. The first-order chi connectivity index (χ1) is 12.6. The fourth-order valence-corrected chi connectivity index (χ4v) is 3.11. The van der Waals surface area contributed by atoms with Crippen LogP contribution in [0.5, 0.6) is 0 Å². The molecule has 1 aliphatic rings. The van der Waals surface area contributed by atoms with Crippen LogP contribution in [0.3, 0.4) is 0 Å². The molecule has 0 saturated heterocycles. The molecule has 2 aromatic rings. The van der Waals surface area contributed by atoms with Crippen molar-refractivity contribution in [3.8, 4) is 11.4 Å². The molecule has 1 heterocycles. The fourth-order valence-electron chi connectivity index (χ4n) is 3.11. The van der Waals surface area contributed by atoms with Gasteiger partial charge in [-0.2, -0.15) is 4.98 Å². The average molecular weight is 357 g/mol. The van der Waals surface area contributed by atoms with Crippen molar-refractivity contribution in [2.75, 3.05) is 6.54 Å². The SMILES string of the molecule is Cc1ccccc1-c1noc(COC(=O)CNC(=O)C2CCCCC2)n1. The largest absolute Gasteiger partial charge is 0.454 e. The molecule has 0 radical (unpaired) electrons. The third-order valence-electron chi connectivity index (χ3n) is 4.59. The highest BCUT2D eigenvalue weighted by molar-refractivity contribution is 5.83. The van der Waals surface area contributed by atoms with Crippen LogP contribution in [0.25, 0.3) is 11.4 Å². The minimum atomic E-state index is -0.523. The van der Waals surface area contributed by atoms with Crippen molar-refractivity contribution >= 4 is 11.9 Å². The second kappa shape index (κ2) is 8.60. The Bertz CT molecular complexity index is 766. The van der Waals surface area contributed by atoms with E-state index < -0.39 is 5.97 Å². The van der Waals surface area contributed by atoms with Gasteiger partial charge in [0.05, 0.1) is 0 Å². The van der Waals surface area contributed by atoms with Gasteiger partial charge in [0, 0.05) is 11.5 Å². The molecular formula is C19H23N3O4. The highest BCUT2D eigenvalue weighted by Crippen LogP contribution is 2.23. The summed E-state index contributed by atoms with van der Waals surface area (Å²) < 4.78 is 10.2. The lowest BCUT2D eigenvalue weighted by atomic mass is 9.89. The number of ether oxygens (including phenoxy) is 1. The molecule has 3 rings (SSSR count). The molecule has 1 N–H and O–H groups in total. The van der Waals surface area contributed by atoms with E-state index in [2.05, 4.69) is 15.5 Å². The lowest BCUT2D eigenvalue weighted by molar-refractivity contribution is -0.146. The van der Waals surface area contributed by atoms with E-state index in [0.29, 0.717) is 5.82 Å². The zero-order valence-corrected chi connectivity index (χ0v) is 14.9. The zero-order valence-electron chi connectivity index (χ0n) is 14.9. The van der Waals surface area contributed by atoms with Crippen molar-refractivity contribution in [1.29, 1.82) is 0 Å². The summed E-state index contributed by atoms with van der Waals surface area (Å²) in [5.41, 5.74) is 1.90. The number of carbonyl (C=O) groups excluding carboxylic acids is 2. The Labute approximate surface area is 152 Å². The Morgan fingerprint density at radius 1 is 1.23 bits per heavy atom. The van der Waals surface area contributed by atoms with Gasteiger partial charge in [0.15, 0.2) is 6.61 Å². The maximum absolute atomic E-state index is 12.0. The van der Waals surface area contributed by atoms with Crippen LogP contribution in [0.4, 0.5) is 0 Å². The normalized spacial score (nSPS) is 14.8.